The van der Waals surface area contributed by atoms with E-state index in [1.54, 1.807) is 0 Å². The van der Waals surface area contributed by atoms with Gasteiger partial charge in [-0.25, -0.2) is 4.79 Å². The van der Waals surface area contributed by atoms with Crippen LogP contribution in [0.5, 0.6) is 0 Å². The fourth-order valence-corrected chi connectivity index (χ4v) is 2.65. The zero-order valence-corrected chi connectivity index (χ0v) is 9.87. The second kappa shape index (κ2) is 4.85. The molecule has 4 nitrogen and oxygen atoms in total. The predicted molar refractivity (Wildman–Crippen MR) is 60.9 cm³/mol. The number of hydrogen-bond acceptors (Lipinski definition) is 2. The van der Waals surface area contributed by atoms with Crippen molar-refractivity contribution in [3.8, 4) is 0 Å². The van der Waals surface area contributed by atoms with E-state index in [1.807, 2.05) is 11.8 Å². The topological polar surface area (TPSA) is 49.4 Å². The van der Waals surface area contributed by atoms with Gasteiger partial charge in [-0.05, 0) is 12.8 Å². The second-order valence-electron chi connectivity index (χ2n) is 4.99. The quantitative estimate of drug-likeness (QED) is 0.691. The normalized spacial score (nSPS) is 28.8. The molecular weight excluding hydrogens is 204 g/mol. The molecule has 1 N–H and O–H groups in total. The summed E-state index contributed by atoms with van der Waals surface area (Å²) in [4.78, 5) is 25.0. The Kier molecular flexibility index (Phi) is 3.46. The summed E-state index contributed by atoms with van der Waals surface area (Å²) in [6, 6.07) is 0.160. The van der Waals surface area contributed by atoms with E-state index in [1.165, 1.54) is 25.7 Å². The maximum Gasteiger partial charge on any atom is 0.324 e. The summed E-state index contributed by atoms with van der Waals surface area (Å²) in [5, 5.41) is 2.44. The van der Waals surface area contributed by atoms with Crippen molar-refractivity contribution in [2.24, 2.45) is 5.92 Å². The van der Waals surface area contributed by atoms with E-state index in [-0.39, 0.29) is 17.9 Å². The van der Waals surface area contributed by atoms with Gasteiger partial charge in [0.15, 0.2) is 0 Å². The number of rotatable bonds is 1. The number of carbonyl (C=O) groups is 2. The standard InChI is InChI=1S/C12H20N2O2/c1-9-8-14(12(16)13-11(9)15)10-6-4-2-3-5-7-10/h9-10H,2-8H2,1H3,(H,13,15,16). The molecular formula is C12H20N2O2. The zero-order valence-electron chi connectivity index (χ0n) is 9.87. The third-order valence-electron chi connectivity index (χ3n) is 3.67. The first-order chi connectivity index (χ1) is 7.68. The van der Waals surface area contributed by atoms with Crippen LogP contribution in [-0.4, -0.2) is 29.4 Å². The van der Waals surface area contributed by atoms with Crippen LogP contribution in [0.1, 0.15) is 45.4 Å². The van der Waals surface area contributed by atoms with Gasteiger partial charge in [0, 0.05) is 12.6 Å². The Morgan fingerprint density at radius 1 is 1.12 bits per heavy atom. The van der Waals surface area contributed by atoms with Crippen LogP contribution in [0, 0.1) is 5.92 Å². The minimum Gasteiger partial charge on any atom is -0.321 e. The first kappa shape index (κ1) is 11.4. The van der Waals surface area contributed by atoms with Crippen LogP contribution >= 0.6 is 0 Å². The number of imide groups is 1. The number of amides is 3. The molecule has 90 valence electrons. The van der Waals surface area contributed by atoms with Crippen LogP contribution in [0.4, 0.5) is 4.79 Å². The summed E-state index contributed by atoms with van der Waals surface area (Å²) in [5.41, 5.74) is 0. The zero-order chi connectivity index (χ0) is 11.5. The molecule has 0 aromatic heterocycles. The lowest BCUT2D eigenvalue weighted by Crippen LogP contribution is -2.56. The molecule has 16 heavy (non-hydrogen) atoms. The van der Waals surface area contributed by atoms with Crippen molar-refractivity contribution < 1.29 is 9.59 Å². The van der Waals surface area contributed by atoms with E-state index in [4.69, 9.17) is 0 Å². The van der Waals surface area contributed by atoms with Crippen LogP contribution in [0.15, 0.2) is 0 Å². The molecule has 0 radical (unpaired) electrons. The van der Waals surface area contributed by atoms with E-state index < -0.39 is 0 Å². The Bertz CT molecular complexity index is 283. The monoisotopic (exact) mass is 224 g/mol. The van der Waals surface area contributed by atoms with Crippen molar-refractivity contribution in [1.82, 2.24) is 10.2 Å². The Morgan fingerprint density at radius 2 is 1.75 bits per heavy atom. The summed E-state index contributed by atoms with van der Waals surface area (Å²) in [6.45, 7) is 2.47. The molecule has 1 heterocycles. The first-order valence-corrected chi connectivity index (χ1v) is 6.30. The van der Waals surface area contributed by atoms with E-state index >= 15 is 0 Å². The Hall–Kier alpha value is -1.06. The predicted octanol–water partition coefficient (Wildman–Crippen LogP) is 1.90. The van der Waals surface area contributed by atoms with Crippen molar-refractivity contribution in [3.63, 3.8) is 0 Å². The van der Waals surface area contributed by atoms with Gasteiger partial charge in [0.25, 0.3) is 0 Å². The summed E-state index contributed by atoms with van der Waals surface area (Å²) < 4.78 is 0. The Labute approximate surface area is 96.4 Å². The maximum absolute atomic E-state index is 11.8. The molecule has 0 aromatic rings. The van der Waals surface area contributed by atoms with Crippen LogP contribution in [0.3, 0.4) is 0 Å². The fourth-order valence-electron chi connectivity index (χ4n) is 2.65. The van der Waals surface area contributed by atoms with Crippen LogP contribution in [0.2, 0.25) is 0 Å². The van der Waals surface area contributed by atoms with Gasteiger partial charge < -0.3 is 4.90 Å². The molecule has 1 saturated carbocycles. The number of urea groups is 1. The van der Waals surface area contributed by atoms with Crippen molar-refractivity contribution >= 4 is 11.9 Å². The van der Waals surface area contributed by atoms with Gasteiger partial charge in [0.1, 0.15) is 0 Å². The van der Waals surface area contributed by atoms with Gasteiger partial charge in [-0.1, -0.05) is 32.6 Å². The third-order valence-corrected chi connectivity index (χ3v) is 3.67. The van der Waals surface area contributed by atoms with Gasteiger partial charge in [-0.2, -0.15) is 0 Å². The summed E-state index contributed by atoms with van der Waals surface area (Å²) in [7, 11) is 0. The van der Waals surface area contributed by atoms with Crippen molar-refractivity contribution in [3.05, 3.63) is 0 Å². The molecule has 1 saturated heterocycles. The van der Waals surface area contributed by atoms with E-state index in [9.17, 15) is 9.59 Å². The molecule has 2 fully saturated rings. The van der Waals surface area contributed by atoms with E-state index in [2.05, 4.69) is 5.32 Å². The molecule has 3 amide bonds. The lowest BCUT2D eigenvalue weighted by molar-refractivity contribution is -0.125. The van der Waals surface area contributed by atoms with Gasteiger partial charge in [0.05, 0.1) is 5.92 Å². The molecule has 1 aliphatic carbocycles. The molecule has 4 heteroatoms. The number of nitrogens with zero attached hydrogens (tertiary/aromatic N) is 1. The highest BCUT2D eigenvalue weighted by atomic mass is 16.2. The highest BCUT2D eigenvalue weighted by molar-refractivity contribution is 5.97. The van der Waals surface area contributed by atoms with Gasteiger partial charge in [0.2, 0.25) is 5.91 Å². The largest absolute Gasteiger partial charge is 0.324 e. The molecule has 0 bridgehead atoms. The minimum absolute atomic E-state index is 0.0686. The minimum atomic E-state index is -0.185. The maximum atomic E-state index is 11.8. The molecule has 2 rings (SSSR count). The van der Waals surface area contributed by atoms with E-state index in [0.29, 0.717) is 12.6 Å². The highest BCUT2D eigenvalue weighted by Gasteiger charge is 2.33. The van der Waals surface area contributed by atoms with Crippen molar-refractivity contribution in [1.29, 1.82) is 0 Å². The van der Waals surface area contributed by atoms with Crippen LogP contribution < -0.4 is 5.32 Å². The molecule has 0 aromatic carbocycles. The molecule has 1 atom stereocenters. The number of carbonyl (C=O) groups excluding carboxylic acids is 2. The SMILES string of the molecule is CC1CN(C2CCCCCC2)C(=O)NC1=O. The summed E-state index contributed by atoms with van der Waals surface area (Å²) in [6.07, 6.45) is 7.15. The molecule has 2 aliphatic rings. The summed E-state index contributed by atoms with van der Waals surface area (Å²) >= 11 is 0. The molecule has 1 unspecified atom stereocenters. The van der Waals surface area contributed by atoms with Crippen molar-refractivity contribution in [2.75, 3.05) is 6.54 Å². The van der Waals surface area contributed by atoms with Gasteiger partial charge in [-0.3, -0.25) is 10.1 Å². The molecule has 0 spiro atoms. The lowest BCUT2D eigenvalue weighted by atomic mass is 10.0. The van der Waals surface area contributed by atoms with E-state index in [0.717, 1.165) is 12.8 Å². The summed E-state index contributed by atoms with van der Waals surface area (Å²) in [5.74, 6) is -0.198. The van der Waals surface area contributed by atoms with Gasteiger partial charge >= 0.3 is 6.03 Å². The van der Waals surface area contributed by atoms with Crippen LogP contribution in [0.25, 0.3) is 0 Å². The molecule has 1 aliphatic heterocycles. The third kappa shape index (κ3) is 2.36. The van der Waals surface area contributed by atoms with Crippen LogP contribution in [-0.2, 0) is 4.79 Å². The number of nitrogens with one attached hydrogen (secondary N) is 1. The van der Waals surface area contributed by atoms with Crippen molar-refractivity contribution in [2.45, 2.75) is 51.5 Å². The Morgan fingerprint density at radius 3 is 2.38 bits per heavy atom. The Balaban J connectivity index is 2.01. The highest BCUT2D eigenvalue weighted by Crippen LogP contribution is 2.24. The number of hydrogen-bond donors (Lipinski definition) is 1. The first-order valence-electron chi connectivity index (χ1n) is 6.30. The lowest BCUT2D eigenvalue weighted by Gasteiger charge is -2.36. The average Bonchev–Trinajstić information content (AvgIpc) is 2.52. The van der Waals surface area contributed by atoms with Gasteiger partial charge in [-0.15, -0.1) is 0 Å². The smallest absolute Gasteiger partial charge is 0.321 e. The fraction of sp³-hybridized carbons (Fsp3) is 0.833. The average molecular weight is 224 g/mol. The second-order valence-corrected chi connectivity index (χ2v) is 4.99.